The van der Waals surface area contributed by atoms with Gasteiger partial charge in [-0.15, -0.1) is 22.7 Å². The Bertz CT molecular complexity index is 2490. The van der Waals surface area contributed by atoms with Crippen LogP contribution >= 0.6 is 22.7 Å². The van der Waals surface area contributed by atoms with E-state index in [0.717, 1.165) is 61.9 Å². The van der Waals surface area contributed by atoms with Crippen molar-refractivity contribution in [3.8, 4) is 32.4 Å². The number of carbonyl (C=O) groups is 2. The molecule has 5 heterocycles. The van der Waals surface area contributed by atoms with Gasteiger partial charge in [-0.25, -0.2) is 14.8 Å². The number of amides is 1. The summed E-state index contributed by atoms with van der Waals surface area (Å²) in [5, 5.41) is 8.30. The highest BCUT2D eigenvalue weighted by Gasteiger charge is 2.44. The molecule has 0 saturated heterocycles. The molecule has 1 aliphatic carbocycles. The SMILES string of the molecule is NC(=O)C1(OC(=O)c2ccc(-c3nn(C(c4ccccc4)(c4ccccc4)c4ccccc4)cc3-c3ccc4ncc(-c5nccs5)n4c3)s2)CCCC1. The molecule has 5 aromatic heterocycles. The van der Waals surface area contributed by atoms with Crippen LogP contribution in [0, 0.1) is 0 Å². The number of nitrogens with two attached hydrogens (primary N) is 1. The van der Waals surface area contributed by atoms with Crippen molar-refractivity contribution in [1.29, 1.82) is 0 Å². The van der Waals surface area contributed by atoms with Crippen LogP contribution in [0.3, 0.4) is 0 Å². The van der Waals surface area contributed by atoms with Crippen LogP contribution in [-0.2, 0) is 15.1 Å². The molecule has 0 aliphatic heterocycles. The van der Waals surface area contributed by atoms with E-state index in [1.165, 1.54) is 11.3 Å². The lowest BCUT2D eigenvalue weighted by molar-refractivity contribution is -0.136. The third-order valence-electron chi connectivity index (χ3n) is 10.3. The van der Waals surface area contributed by atoms with Crippen LogP contribution in [-0.4, -0.2) is 41.6 Å². The normalized spacial score (nSPS) is 14.0. The molecule has 0 bridgehead atoms. The van der Waals surface area contributed by atoms with Gasteiger partial charge in [0.15, 0.2) is 5.60 Å². The van der Waals surface area contributed by atoms with Gasteiger partial charge in [-0.1, -0.05) is 91.0 Å². The van der Waals surface area contributed by atoms with Crippen molar-refractivity contribution in [3.05, 3.63) is 167 Å². The Kier molecular flexibility index (Phi) is 8.52. The maximum absolute atomic E-state index is 13.6. The van der Waals surface area contributed by atoms with Gasteiger partial charge in [0.25, 0.3) is 5.91 Å². The molecule has 0 radical (unpaired) electrons. The number of pyridine rings is 1. The van der Waals surface area contributed by atoms with Gasteiger partial charge in [-0.05, 0) is 66.6 Å². The van der Waals surface area contributed by atoms with Crippen molar-refractivity contribution >= 4 is 40.2 Å². The molecule has 9 nitrogen and oxygen atoms in total. The van der Waals surface area contributed by atoms with E-state index in [1.54, 1.807) is 23.6 Å². The highest BCUT2D eigenvalue weighted by molar-refractivity contribution is 7.17. The molecule has 8 aromatic rings. The van der Waals surface area contributed by atoms with Gasteiger partial charge in [0.1, 0.15) is 32.5 Å². The lowest BCUT2D eigenvalue weighted by Gasteiger charge is -2.36. The molecule has 9 rings (SSSR count). The van der Waals surface area contributed by atoms with E-state index in [2.05, 4.69) is 104 Å². The zero-order valence-corrected chi connectivity index (χ0v) is 30.7. The number of rotatable bonds is 10. The lowest BCUT2D eigenvalue weighted by Crippen LogP contribution is -2.45. The number of thiophene rings is 1. The Morgan fingerprint density at radius 1 is 0.778 bits per heavy atom. The quantitative estimate of drug-likeness (QED) is 0.110. The highest BCUT2D eigenvalue weighted by Crippen LogP contribution is 2.44. The second kappa shape index (κ2) is 13.7. The van der Waals surface area contributed by atoms with Crippen molar-refractivity contribution < 1.29 is 14.3 Å². The molecule has 54 heavy (non-hydrogen) atoms. The third-order valence-corrected chi connectivity index (χ3v) is 12.2. The summed E-state index contributed by atoms with van der Waals surface area (Å²) < 4.78 is 9.99. The highest BCUT2D eigenvalue weighted by atomic mass is 32.1. The molecule has 0 spiro atoms. The number of imidazole rings is 1. The first-order valence-electron chi connectivity index (χ1n) is 17.7. The zero-order valence-electron chi connectivity index (χ0n) is 29.0. The maximum Gasteiger partial charge on any atom is 0.349 e. The lowest BCUT2D eigenvalue weighted by atomic mass is 9.77. The molecule has 1 aliphatic rings. The fourth-order valence-electron chi connectivity index (χ4n) is 7.67. The summed E-state index contributed by atoms with van der Waals surface area (Å²) in [6.45, 7) is 0. The van der Waals surface area contributed by atoms with Gasteiger partial charge >= 0.3 is 5.97 Å². The molecule has 266 valence electrons. The van der Waals surface area contributed by atoms with Gasteiger partial charge in [-0.3, -0.25) is 13.9 Å². The molecule has 1 fully saturated rings. The summed E-state index contributed by atoms with van der Waals surface area (Å²) in [6.07, 6.45) is 10.2. The number of aromatic nitrogens is 5. The standard InChI is InChI=1S/C43H34N6O3S2/c44-41(51)42(22-10-11-23-42)52-40(50)36-20-19-35(54-36)38-33(29-18-21-37-46-26-34(48(37)27-29)39-45-24-25-53-39)28-49(47-38)43(30-12-4-1-5-13-30,31-14-6-2-7-15-31)32-16-8-3-9-17-32/h1-9,12-21,24-28H,10-11,22-23H2,(H2,44,51). The number of hydrogen-bond donors (Lipinski definition) is 1. The monoisotopic (exact) mass is 746 g/mol. The first kappa shape index (κ1) is 33.7. The maximum atomic E-state index is 13.6. The van der Waals surface area contributed by atoms with Crippen LogP contribution in [0.2, 0.25) is 0 Å². The smallest absolute Gasteiger partial charge is 0.349 e. The van der Waals surface area contributed by atoms with Crippen molar-refractivity contribution in [3.63, 3.8) is 0 Å². The van der Waals surface area contributed by atoms with Gasteiger partial charge in [0.05, 0.1) is 11.1 Å². The largest absolute Gasteiger partial charge is 0.445 e. The fourth-order valence-corrected chi connectivity index (χ4v) is 9.20. The molecule has 1 saturated carbocycles. The number of fused-ring (bicyclic) bond motifs is 1. The van der Waals surface area contributed by atoms with E-state index in [9.17, 15) is 9.59 Å². The predicted molar refractivity (Wildman–Crippen MR) is 211 cm³/mol. The fraction of sp³-hybridized carbons (Fsp3) is 0.140. The van der Waals surface area contributed by atoms with Crippen LogP contribution in [0.15, 0.2) is 145 Å². The topological polar surface area (TPSA) is 117 Å². The van der Waals surface area contributed by atoms with Gasteiger partial charge in [0, 0.05) is 35.1 Å². The molecule has 1 amide bonds. The van der Waals surface area contributed by atoms with E-state index < -0.39 is 23.0 Å². The van der Waals surface area contributed by atoms with Crippen LogP contribution in [0.1, 0.15) is 52.0 Å². The second-order valence-electron chi connectivity index (χ2n) is 13.4. The minimum absolute atomic E-state index is 0.370. The number of thiazole rings is 1. The zero-order chi connectivity index (χ0) is 36.7. The Balaban J connectivity index is 1.27. The Labute approximate surface area is 319 Å². The average Bonchev–Trinajstić information content (AvgIpc) is 4.06. The molecule has 11 heteroatoms. The molecular formula is C43H34N6O3S2. The third kappa shape index (κ3) is 5.64. The minimum atomic E-state index is -1.27. The summed E-state index contributed by atoms with van der Waals surface area (Å²) in [4.78, 5) is 36.5. The summed E-state index contributed by atoms with van der Waals surface area (Å²) in [7, 11) is 0. The number of hydrogen-bond acceptors (Lipinski definition) is 8. The molecule has 3 aromatic carbocycles. The van der Waals surface area contributed by atoms with Crippen LogP contribution < -0.4 is 5.73 Å². The van der Waals surface area contributed by atoms with E-state index >= 15 is 0 Å². The number of carbonyl (C=O) groups excluding carboxylic acids is 2. The van der Waals surface area contributed by atoms with Crippen molar-refractivity contribution in [2.45, 2.75) is 36.8 Å². The van der Waals surface area contributed by atoms with Gasteiger partial charge < -0.3 is 10.5 Å². The van der Waals surface area contributed by atoms with Gasteiger partial charge in [0.2, 0.25) is 0 Å². The second-order valence-corrected chi connectivity index (χ2v) is 15.4. The molecular weight excluding hydrogens is 713 g/mol. The Morgan fingerprint density at radius 3 is 2.02 bits per heavy atom. The van der Waals surface area contributed by atoms with Crippen molar-refractivity contribution in [2.75, 3.05) is 0 Å². The van der Waals surface area contributed by atoms with Crippen LogP contribution in [0.25, 0.3) is 38.0 Å². The van der Waals surface area contributed by atoms with E-state index in [-0.39, 0.29) is 0 Å². The van der Waals surface area contributed by atoms with E-state index in [1.807, 2.05) is 48.0 Å². The first-order valence-corrected chi connectivity index (χ1v) is 19.4. The molecule has 0 atom stereocenters. The number of ether oxygens (including phenoxy) is 1. The molecule has 2 N–H and O–H groups in total. The van der Waals surface area contributed by atoms with Crippen LogP contribution in [0.5, 0.6) is 0 Å². The van der Waals surface area contributed by atoms with Crippen molar-refractivity contribution in [1.82, 2.24) is 24.1 Å². The Morgan fingerprint density at radius 2 is 1.43 bits per heavy atom. The van der Waals surface area contributed by atoms with E-state index in [0.29, 0.717) is 23.4 Å². The van der Waals surface area contributed by atoms with Crippen molar-refractivity contribution in [2.24, 2.45) is 5.73 Å². The summed E-state index contributed by atoms with van der Waals surface area (Å²) in [5.41, 5.74) is 10.8. The number of primary amides is 1. The number of esters is 1. The number of nitrogens with zero attached hydrogens (tertiary/aromatic N) is 5. The summed E-state index contributed by atoms with van der Waals surface area (Å²) in [5.74, 6) is -1.16. The van der Waals surface area contributed by atoms with E-state index in [4.69, 9.17) is 15.6 Å². The van der Waals surface area contributed by atoms with Gasteiger partial charge in [-0.2, -0.15) is 5.10 Å². The number of benzene rings is 3. The molecule has 0 unspecified atom stereocenters. The summed E-state index contributed by atoms with van der Waals surface area (Å²) >= 11 is 2.84. The van der Waals surface area contributed by atoms with Crippen LogP contribution in [0.4, 0.5) is 0 Å². The average molecular weight is 747 g/mol. The summed E-state index contributed by atoms with van der Waals surface area (Å²) in [6, 6.07) is 38.9. The minimum Gasteiger partial charge on any atom is -0.445 e. The first-order chi connectivity index (χ1) is 26.5. The predicted octanol–water partition coefficient (Wildman–Crippen LogP) is 8.84. The Hall–Kier alpha value is -6.17.